The highest BCUT2D eigenvalue weighted by Gasteiger charge is 2.11. The van der Waals surface area contributed by atoms with Gasteiger partial charge in [0, 0.05) is 16.7 Å². The minimum Gasteiger partial charge on any atom is -0.304 e. The van der Waals surface area contributed by atoms with Gasteiger partial charge in [-0.05, 0) is 34.1 Å². The first-order valence-electron chi connectivity index (χ1n) is 4.64. The lowest BCUT2D eigenvalue weighted by molar-refractivity contribution is 0.102. The summed E-state index contributed by atoms with van der Waals surface area (Å²) in [6, 6.07) is 6.10. The zero-order valence-electron chi connectivity index (χ0n) is 8.48. The van der Waals surface area contributed by atoms with Gasteiger partial charge in [0.25, 0.3) is 11.5 Å². The Labute approximate surface area is 104 Å². The van der Waals surface area contributed by atoms with Crippen molar-refractivity contribution in [3.63, 3.8) is 0 Å². The lowest BCUT2D eigenvalue weighted by atomic mass is 10.3. The molecule has 2 aromatic rings. The molecule has 0 bridgehead atoms. The van der Waals surface area contributed by atoms with Gasteiger partial charge in [-0.3, -0.25) is 9.59 Å². The quantitative estimate of drug-likeness (QED) is 0.871. The van der Waals surface area contributed by atoms with E-state index < -0.39 is 5.91 Å². The van der Waals surface area contributed by atoms with Crippen LogP contribution in [0.3, 0.4) is 0 Å². The van der Waals surface area contributed by atoms with Crippen LogP contribution in [0.2, 0.25) is 0 Å². The Morgan fingerprint density at radius 1 is 1.35 bits per heavy atom. The van der Waals surface area contributed by atoms with Gasteiger partial charge >= 0.3 is 0 Å². The molecular formula is C10H7BrN4O2. The van der Waals surface area contributed by atoms with Crippen molar-refractivity contribution in [3.8, 4) is 0 Å². The van der Waals surface area contributed by atoms with Crippen molar-refractivity contribution in [2.75, 3.05) is 5.32 Å². The molecule has 0 unspecified atom stereocenters. The molecule has 0 aliphatic rings. The van der Waals surface area contributed by atoms with Crippen LogP contribution in [0.5, 0.6) is 0 Å². The molecule has 0 aromatic carbocycles. The highest BCUT2D eigenvalue weighted by atomic mass is 79.9. The fourth-order valence-electron chi connectivity index (χ4n) is 1.14. The van der Waals surface area contributed by atoms with Gasteiger partial charge in [-0.25, -0.2) is 10.1 Å². The molecule has 0 saturated carbocycles. The molecule has 2 rings (SSSR count). The van der Waals surface area contributed by atoms with E-state index in [2.05, 4.69) is 36.4 Å². The molecule has 86 valence electrons. The predicted octanol–water partition coefficient (Wildman–Crippen LogP) is 1.18. The molecule has 17 heavy (non-hydrogen) atoms. The second kappa shape index (κ2) is 4.88. The molecular weight excluding hydrogens is 288 g/mol. The van der Waals surface area contributed by atoms with Gasteiger partial charge in [-0.15, -0.1) is 0 Å². The SMILES string of the molecule is O=C(Nc1ccc(=O)[nH]n1)c1ncccc1Br. The van der Waals surface area contributed by atoms with Gasteiger partial charge in [0.1, 0.15) is 5.69 Å². The van der Waals surface area contributed by atoms with E-state index in [1.165, 1.54) is 18.3 Å². The van der Waals surface area contributed by atoms with Crippen LogP contribution in [0, 0.1) is 0 Å². The predicted molar refractivity (Wildman–Crippen MR) is 64.7 cm³/mol. The number of aromatic amines is 1. The van der Waals surface area contributed by atoms with Gasteiger partial charge in [-0.1, -0.05) is 0 Å². The number of hydrogen-bond acceptors (Lipinski definition) is 4. The Morgan fingerprint density at radius 2 is 2.18 bits per heavy atom. The molecule has 7 heteroatoms. The van der Waals surface area contributed by atoms with E-state index in [1.807, 2.05) is 0 Å². The van der Waals surface area contributed by atoms with Crippen molar-refractivity contribution >= 4 is 27.7 Å². The van der Waals surface area contributed by atoms with Crippen LogP contribution >= 0.6 is 15.9 Å². The van der Waals surface area contributed by atoms with Crippen LogP contribution in [-0.4, -0.2) is 21.1 Å². The smallest absolute Gasteiger partial charge is 0.276 e. The van der Waals surface area contributed by atoms with Crippen molar-refractivity contribution in [1.29, 1.82) is 0 Å². The van der Waals surface area contributed by atoms with Gasteiger partial charge in [-0.2, -0.15) is 5.10 Å². The number of anilines is 1. The maximum absolute atomic E-state index is 11.8. The van der Waals surface area contributed by atoms with Crippen LogP contribution in [0.4, 0.5) is 5.82 Å². The summed E-state index contributed by atoms with van der Waals surface area (Å²) in [6.45, 7) is 0. The first-order chi connectivity index (χ1) is 8.16. The van der Waals surface area contributed by atoms with Gasteiger partial charge in [0.15, 0.2) is 5.82 Å². The molecule has 6 nitrogen and oxygen atoms in total. The molecule has 0 saturated heterocycles. The van der Waals surface area contributed by atoms with Crippen molar-refractivity contribution in [3.05, 3.63) is 51.0 Å². The number of amides is 1. The molecule has 1 amide bonds. The maximum Gasteiger partial charge on any atom is 0.276 e. The van der Waals surface area contributed by atoms with Crippen molar-refractivity contribution in [2.24, 2.45) is 0 Å². The largest absolute Gasteiger partial charge is 0.304 e. The number of nitrogens with one attached hydrogen (secondary N) is 2. The van der Waals surface area contributed by atoms with E-state index in [9.17, 15) is 9.59 Å². The Morgan fingerprint density at radius 3 is 2.82 bits per heavy atom. The first-order valence-corrected chi connectivity index (χ1v) is 5.44. The van der Waals surface area contributed by atoms with Crippen LogP contribution in [0.15, 0.2) is 39.7 Å². The molecule has 0 spiro atoms. The van der Waals surface area contributed by atoms with E-state index in [0.29, 0.717) is 4.47 Å². The minimum absolute atomic E-state index is 0.250. The number of aromatic nitrogens is 3. The zero-order chi connectivity index (χ0) is 12.3. The summed E-state index contributed by atoms with van der Waals surface area (Å²) in [5, 5.41) is 8.39. The standard InChI is InChI=1S/C10H7BrN4O2/c11-6-2-1-5-12-9(6)10(17)13-7-3-4-8(16)15-14-7/h1-5H,(H,15,16)(H,13,14,17). The molecule has 0 fully saturated rings. The lowest BCUT2D eigenvalue weighted by Crippen LogP contribution is -2.17. The average Bonchev–Trinajstić information content (AvgIpc) is 2.32. The maximum atomic E-state index is 11.8. The minimum atomic E-state index is -0.406. The third-order valence-electron chi connectivity index (χ3n) is 1.89. The topological polar surface area (TPSA) is 87.7 Å². The van der Waals surface area contributed by atoms with E-state index in [1.54, 1.807) is 12.1 Å². The second-order valence-electron chi connectivity index (χ2n) is 3.09. The third kappa shape index (κ3) is 2.76. The second-order valence-corrected chi connectivity index (χ2v) is 3.95. The van der Waals surface area contributed by atoms with E-state index in [4.69, 9.17) is 0 Å². The zero-order valence-corrected chi connectivity index (χ0v) is 10.1. The van der Waals surface area contributed by atoms with Gasteiger partial charge in [0.05, 0.1) is 0 Å². The average molecular weight is 295 g/mol. The van der Waals surface area contributed by atoms with Crippen LogP contribution < -0.4 is 10.9 Å². The molecule has 0 aliphatic carbocycles. The Balaban J connectivity index is 2.20. The van der Waals surface area contributed by atoms with Crippen LogP contribution in [0.1, 0.15) is 10.5 Å². The number of rotatable bonds is 2. The monoisotopic (exact) mass is 294 g/mol. The summed E-state index contributed by atoms with van der Waals surface area (Å²) in [6.07, 6.45) is 1.51. The molecule has 2 N–H and O–H groups in total. The Kier molecular flexibility index (Phi) is 3.29. The van der Waals surface area contributed by atoms with Crippen molar-refractivity contribution in [1.82, 2.24) is 15.2 Å². The number of carbonyl (C=O) groups is 1. The molecule has 2 aromatic heterocycles. The molecule has 0 atom stereocenters. The highest BCUT2D eigenvalue weighted by molar-refractivity contribution is 9.10. The first kappa shape index (κ1) is 11.5. The number of pyridine rings is 1. The molecule has 2 heterocycles. The Bertz CT molecular complexity index is 591. The summed E-state index contributed by atoms with van der Waals surface area (Å²) in [5.41, 5.74) is -0.0810. The number of nitrogens with zero attached hydrogens (tertiary/aromatic N) is 2. The van der Waals surface area contributed by atoms with Gasteiger partial charge in [0.2, 0.25) is 0 Å². The number of H-pyrrole nitrogens is 1. The lowest BCUT2D eigenvalue weighted by Gasteiger charge is -2.03. The van der Waals surface area contributed by atoms with E-state index in [0.717, 1.165) is 0 Å². The third-order valence-corrected chi connectivity index (χ3v) is 2.53. The Hall–Kier alpha value is -2.02. The van der Waals surface area contributed by atoms with E-state index in [-0.39, 0.29) is 17.1 Å². The van der Waals surface area contributed by atoms with E-state index >= 15 is 0 Å². The summed E-state index contributed by atoms with van der Waals surface area (Å²) < 4.78 is 0.585. The fraction of sp³-hybridized carbons (Fsp3) is 0. The highest BCUT2D eigenvalue weighted by Crippen LogP contribution is 2.14. The van der Waals surface area contributed by atoms with Crippen LogP contribution in [0.25, 0.3) is 0 Å². The van der Waals surface area contributed by atoms with Crippen molar-refractivity contribution in [2.45, 2.75) is 0 Å². The number of halogens is 1. The van der Waals surface area contributed by atoms with Crippen molar-refractivity contribution < 1.29 is 4.79 Å². The summed E-state index contributed by atoms with van der Waals surface area (Å²) >= 11 is 3.22. The normalized spacial score (nSPS) is 9.94. The summed E-state index contributed by atoms with van der Waals surface area (Å²) in [5.74, 6) is -0.149. The molecule has 0 radical (unpaired) electrons. The molecule has 0 aliphatic heterocycles. The fourth-order valence-corrected chi connectivity index (χ4v) is 1.58. The number of carbonyl (C=O) groups excluding carboxylic acids is 1. The summed E-state index contributed by atoms with van der Waals surface area (Å²) in [7, 11) is 0. The number of hydrogen-bond donors (Lipinski definition) is 2. The van der Waals surface area contributed by atoms with Crippen LogP contribution in [-0.2, 0) is 0 Å². The summed E-state index contributed by atoms with van der Waals surface area (Å²) in [4.78, 5) is 26.5. The van der Waals surface area contributed by atoms with Gasteiger partial charge < -0.3 is 5.32 Å².